The van der Waals surface area contributed by atoms with Crippen LogP contribution in [0.15, 0.2) is 48.5 Å². The fourth-order valence-corrected chi connectivity index (χ4v) is 4.59. The van der Waals surface area contributed by atoms with Gasteiger partial charge in [-0.2, -0.15) is 5.26 Å². The third-order valence-electron chi connectivity index (χ3n) is 6.32. The van der Waals surface area contributed by atoms with Gasteiger partial charge in [-0.15, -0.1) is 0 Å². The molecule has 0 spiro atoms. The minimum atomic E-state index is -0.134. The van der Waals surface area contributed by atoms with Crippen LogP contribution in [0.2, 0.25) is 5.02 Å². The number of nitrogens with zero attached hydrogens (tertiary/aromatic N) is 4. The highest BCUT2D eigenvalue weighted by atomic mass is 35.5. The number of benzene rings is 2. The van der Waals surface area contributed by atoms with E-state index in [9.17, 15) is 9.59 Å². The molecule has 0 radical (unpaired) electrons. The van der Waals surface area contributed by atoms with Gasteiger partial charge < -0.3 is 9.80 Å². The van der Waals surface area contributed by atoms with Gasteiger partial charge in [-0.1, -0.05) is 23.7 Å². The molecule has 2 fully saturated rings. The maximum absolute atomic E-state index is 13.2. The third-order valence-corrected chi connectivity index (χ3v) is 6.57. The molecule has 1 atom stereocenters. The van der Waals surface area contributed by atoms with Crippen LogP contribution in [0.25, 0.3) is 0 Å². The Bertz CT molecular complexity index is 992. The summed E-state index contributed by atoms with van der Waals surface area (Å²) in [6.07, 6.45) is 1.67. The summed E-state index contributed by atoms with van der Waals surface area (Å²) in [5.41, 5.74) is 2.45. The largest absolute Gasteiger partial charge is 0.340 e. The Morgan fingerprint density at radius 3 is 2.28 bits per heavy atom. The van der Waals surface area contributed by atoms with E-state index in [1.807, 2.05) is 29.2 Å². The van der Waals surface area contributed by atoms with Crippen LogP contribution in [-0.4, -0.2) is 65.8 Å². The summed E-state index contributed by atoms with van der Waals surface area (Å²) in [6.45, 7) is 5.04. The molecule has 2 amide bonds. The zero-order chi connectivity index (χ0) is 22.5. The Balaban J connectivity index is 1.29. The minimum Gasteiger partial charge on any atom is -0.340 e. The van der Waals surface area contributed by atoms with Crippen molar-refractivity contribution in [1.82, 2.24) is 14.7 Å². The van der Waals surface area contributed by atoms with Crippen LogP contribution in [0.5, 0.6) is 0 Å². The summed E-state index contributed by atoms with van der Waals surface area (Å²) in [4.78, 5) is 32.1. The van der Waals surface area contributed by atoms with Crippen molar-refractivity contribution in [3.05, 3.63) is 70.2 Å². The van der Waals surface area contributed by atoms with Crippen molar-refractivity contribution < 1.29 is 9.59 Å². The number of carbonyl (C=O) groups excluding carboxylic acids is 2. The molecule has 0 bridgehead atoms. The van der Waals surface area contributed by atoms with Crippen molar-refractivity contribution in [2.45, 2.75) is 19.4 Å². The van der Waals surface area contributed by atoms with Crippen molar-refractivity contribution in [1.29, 1.82) is 5.26 Å². The van der Waals surface area contributed by atoms with Crippen LogP contribution in [-0.2, 0) is 11.3 Å². The highest BCUT2D eigenvalue weighted by Crippen LogP contribution is 2.22. The average molecular weight is 451 g/mol. The number of piperidine rings is 1. The number of carbonyl (C=O) groups is 2. The van der Waals surface area contributed by atoms with Gasteiger partial charge >= 0.3 is 0 Å². The average Bonchev–Trinajstić information content (AvgIpc) is 2.85. The highest BCUT2D eigenvalue weighted by molar-refractivity contribution is 6.30. The second-order valence-corrected chi connectivity index (χ2v) is 8.94. The second kappa shape index (κ2) is 10.2. The lowest BCUT2D eigenvalue weighted by atomic mass is 9.95. The van der Waals surface area contributed by atoms with Crippen LogP contribution in [0, 0.1) is 17.2 Å². The summed E-state index contributed by atoms with van der Waals surface area (Å²) < 4.78 is 0. The fraction of sp³-hybridized carbons (Fsp3) is 0.400. The molecular formula is C25H27ClN4O2. The molecule has 0 aliphatic carbocycles. The molecule has 0 aromatic heterocycles. The Morgan fingerprint density at radius 1 is 0.938 bits per heavy atom. The van der Waals surface area contributed by atoms with E-state index >= 15 is 0 Å². The van der Waals surface area contributed by atoms with Gasteiger partial charge in [0.1, 0.15) is 0 Å². The van der Waals surface area contributed by atoms with Crippen LogP contribution in [0.3, 0.4) is 0 Å². The lowest BCUT2D eigenvalue weighted by Crippen LogP contribution is -2.52. The van der Waals surface area contributed by atoms with Crippen molar-refractivity contribution >= 4 is 23.4 Å². The molecular weight excluding hydrogens is 424 g/mol. The smallest absolute Gasteiger partial charge is 0.253 e. The van der Waals surface area contributed by atoms with Gasteiger partial charge in [0.2, 0.25) is 5.91 Å². The molecule has 0 saturated carbocycles. The summed E-state index contributed by atoms with van der Waals surface area (Å²) in [5, 5.41) is 9.53. The van der Waals surface area contributed by atoms with Crippen LogP contribution in [0.4, 0.5) is 0 Å². The van der Waals surface area contributed by atoms with E-state index in [1.165, 1.54) is 5.56 Å². The Hall–Kier alpha value is -2.88. The predicted molar refractivity (Wildman–Crippen MR) is 123 cm³/mol. The molecule has 32 heavy (non-hydrogen) atoms. The molecule has 2 saturated heterocycles. The number of rotatable bonds is 4. The number of likely N-dealkylation sites (tertiary alicyclic amines) is 1. The molecule has 2 aromatic carbocycles. The molecule has 6 nitrogen and oxygen atoms in total. The quantitative estimate of drug-likeness (QED) is 0.715. The second-order valence-electron chi connectivity index (χ2n) is 8.51. The molecule has 2 aliphatic rings. The van der Waals surface area contributed by atoms with E-state index in [1.54, 1.807) is 29.2 Å². The van der Waals surface area contributed by atoms with Gasteiger partial charge in [0.15, 0.2) is 0 Å². The number of hydrogen-bond acceptors (Lipinski definition) is 4. The van der Waals surface area contributed by atoms with Crippen molar-refractivity contribution in [3.63, 3.8) is 0 Å². The highest BCUT2D eigenvalue weighted by Gasteiger charge is 2.32. The molecule has 0 N–H and O–H groups in total. The Kier molecular flexibility index (Phi) is 7.09. The third kappa shape index (κ3) is 5.29. The first-order valence-corrected chi connectivity index (χ1v) is 11.5. The summed E-state index contributed by atoms with van der Waals surface area (Å²) in [5.74, 6) is -0.00638. The lowest BCUT2D eigenvalue weighted by Gasteiger charge is -2.39. The number of hydrogen-bond donors (Lipinski definition) is 0. The molecule has 4 rings (SSSR count). The Labute approximate surface area is 194 Å². The first kappa shape index (κ1) is 22.3. The SMILES string of the molecule is N#Cc1ccc(CN2CCN(C(=O)C3CCCN(C(=O)c4ccc(Cl)cc4)C3)CC2)cc1. The summed E-state index contributed by atoms with van der Waals surface area (Å²) >= 11 is 5.93. The van der Waals surface area contributed by atoms with Gasteiger partial charge in [0, 0.05) is 56.4 Å². The molecule has 1 unspecified atom stereocenters. The van der Waals surface area contributed by atoms with Gasteiger partial charge in [-0.3, -0.25) is 14.5 Å². The summed E-state index contributed by atoms with van der Waals surface area (Å²) in [7, 11) is 0. The maximum atomic E-state index is 13.2. The molecule has 7 heteroatoms. The topological polar surface area (TPSA) is 67.7 Å². The fourth-order valence-electron chi connectivity index (χ4n) is 4.47. The normalized spacial score (nSPS) is 19.4. The first-order chi connectivity index (χ1) is 15.5. The van der Waals surface area contributed by atoms with Gasteiger partial charge in [-0.25, -0.2) is 0 Å². The summed E-state index contributed by atoms with van der Waals surface area (Å²) in [6, 6.07) is 16.7. The zero-order valence-electron chi connectivity index (χ0n) is 18.0. The molecule has 2 aliphatic heterocycles. The van der Waals surface area contributed by atoms with E-state index in [2.05, 4.69) is 11.0 Å². The lowest BCUT2D eigenvalue weighted by molar-refractivity contribution is -0.138. The van der Waals surface area contributed by atoms with Crippen molar-refractivity contribution in [2.24, 2.45) is 5.92 Å². The van der Waals surface area contributed by atoms with E-state index < -0.39 is 0 Å². The molecule has 166 valence electrons. The maximum Gasteiger partial charge on any atom is 0.253 e. The van der Waals surface area contributed by atoms with Crippen molar-refractivity contribution in [3.8, 4) is 6.07 Å². The first-order valence-electron chi connectivity index (χ1n) is 11.1. The number of halogens is 1. The number of amides is 2. The number of piperazine rings is 1. The monoisotopic (exact) mass is 450 g/mol. The number of nitriles is 1. The van der Waals surface area contributed by atoms with E-state index in [4.69, 9.17) is 16.9 Å². The van der Waals surface area contributed by atoms with Gasteiger partial charge in [-0.05, 0) is 54.8 Å². The van der Waals surface area contributed by atoms with Crippen LogP contribution < -0.4 is 0 Å². The Morgan fingerprint density at radius 2 is 1.62 bits per heavy atom. The molecule has 2 heterocycles. The minimum absolute atomic E-state index is 0.0357. The molecule has 2 aromatic rings. The van der Waals surface area contributed by atoms with Gasteiger partial charge in [0.25, 0.3) is 5.91 Å². The van der Waals surface area contributed by atoms with Crippen molar-refractivity contribution in [2.75, 3.05) is 39.3 Å². The van der Waals surface area contributed by atoms with E-state index in [0.29, 0.717) is 42.3 Å². The predicted octanol–water partition coefficient (Wildman–Crippen LogP) is 3.41. The van der Waals surface area contributed by atoms with E-state index in [0.717, 1.165) is 32.5 Å². The van der Waals surface area contributed by atoms with Crippen LogP contribution >= 0.6 is 11.6 Å². The van der Waals surface area contributed by atoms with Gasteiger partial charge in [0.05, 0.1) is 17.6 Å². The standard InChI is InChI=1S/C25H27ClN4O2/c26-23-9-7-21(8-10-23)24(31)30-11-1-2-22(18-30)25(32)29-14-12-28(13-15-29)17-20-5-3-19(16-27)4-6-20/h3-10,22H,1-2,11-15,17-18H2. The zero-order valence-corrected chi connectivity index (χ0v) is 18.8. The van der Waals surface area contributed by atoms with E-state index in [-0.39, 0.29) is 17.7 Å². The van der Waals surface area contributed by atoms with Crippen LogP contribution in [0.1, 0.15) is 34.3 Å².